The Morgan fingerprint density at radius 2 is 2.24 bits per heavy atom. The summed E-state index contributed by atoms with van der Waals surface area (Å²) in [7, 11) is 0. The second kappa shape index (κ2) is 5.91. The number of carbonyl (C=O) groups is 2. The fourth-order valence-electron chi connectivity index (χ4n) is 3.44. The lowest BCUT2D eigenvalue weighted by atomic mass is 9.91. The molecule has 7 heteroatoms. The molecule has 0 saturated heterocycles. The van der Waals surface area contributed by atoms with E-state index in [4.69, 9.17) is 0 Å². The van der Waals surface area contributed by atoms with Gasteiger partial charge >= 0.3 is 0 Å². The summed E-state index contributed by atoms with van der Waals surface area (Å²) in [4.78, 5) is 36.4. The number of aliphatic imine (C=N–C) groups is 2. The van der Waals surface area contributed by atoms with E-state index in [0.29, 0.717) is 12.5 Å². The molecule has 1 aliphatic heterocycles. The van der Waals surface area contributed by atoms with E-state index in [1.54, 1.807) is 16.2 Å². The van der Waals surface area contributed by atoms with Gasteiger partial charge in [0.15, 0.2) is 0 Å². The molecule has 0 unspecified atom stereocenters. The smallest absolute Gasteiger partial charge is 0.264 e. The molecule has 4 rings (SSSR count). The summed E-state index contributed by atoms with van der Waals surface area (Å²) in [5.41, 5.74) is 1.30. The van der Waals surface area contributed by atoms with E-state index < -0.39 is 0 Å². The number of rotatable bonds is 4. The average molecular weight is 356 g/mol. The molecule has 0 radical (unpaired) electrons. The number of thiophene rings is 1. The summed E-state index contributed by atoms with van der Waals surface area (Å²) in [5, 5.41) is 2.56. The van der Waals surface area contributed by atoms with Gasteiger partial charge in [-0.05, 0) is 49.9 Å². The summed E-state index contributed by atoms with van der Waals surface area (Å²) in [6.07, 6.45) is 5.92. The van der Waals surface area contributed by atoms with Gasteiger partial charge < -0.3 is 4.90 Å². The van der Waals surface area contributed by atoms with Crippen molar-refractivity contribution in [1.82, 2.24) is 10.2 Å². The third-order valence-corrected chi connectivity index (χ3v) is 6.37. The van der Waals surface area contributed by atoms with Crippen LogP contribution in [0.5, 0.6) is 0 Å². The topological polar surface area (TPSA) is 74.1 Å². The number of nitrogens with one attached hydrogen (secondary N) is 1. The molecular formula is C18H20N4O2S. The first-order chi connectivity index (χ1) is 12.1. The monoisotopic (exact) mass is 356 g/mol. The van der Waals surface area contributed by atoms with Crippen LogP contribution in [0.2, 0.25) is 0 Å². The van der Waals surface area contributed by atoms with Gasteiger partial charge in [-0.3, -0.25) is 14.9 Å². The zero-order valence-electron chi connectivity index (χ0n) is 14.0. The minimum absolute atomic E-state index is 0.00235. The predicted octanol–water partition coefficient (Wildman–Crippen LogP) is 2.43. The summed E-state index contributed by atoms with van der Waals surface area (Å²) >= 11 is 1.63. The second-order valence-corrected chi connectivity index (χ2v) is 8.03. The zero-order valence-corrected chi connectivity index (χ0v) is 14.8. The van der Waals surface area contributed by atoms with Gasteiger partial charge in [0.05, 0.1) is 4.88 Å². The minimum atomic E-state index is -0.320. The standard InChI is InChI=1S/C18H20N4O2S/c1-3-20-17(19-2)21-14(23)9-22-10-18(6-7-18)12-8-13(11-4-5-11)25-15(12)16(22)24/h3,8,11H,1-2,4-7,9-10H2,(H,20,21,23). The van der Waals surface area contributed by atoms with Crippen molar-refractivity contribution in [2.24, 2.45) is 9.98 Å². The first-order valence-electron chi connectivity index (χ1n) is 8.45. The van der Waals surface area contributed by atoms with Crippen LogP contribution in [-0.4, -0.2) is 42.5 Å². The number of amides is 2. The van der Waals surface area contributed by atoms with E-state index in [1.165, 1.54) is 29.5 Å². The molecule has 2 saturated carbocycles. The van der Waals surface area contributed by atoms with E-state index >= 15 is 0 Å². The van der Waals surface area contributed by atoms with Gasteiger partial charge in [-0.1, -0.05) is 6.58 Å². The van der Waals surface area contributed by atoms with Gasteiger partial charge in [0.25, 0.3) is 5.91 Å². The average Bonchev–Trinajstić information content (AvgIpc) is 3.52. The van der Waals surface area contributed by atoms with Crippen molar-refractivity contribution in [3.8, 4) is 0 Å². The Morgan fingerprint density at radius 1 is 1.48 bits per heavy atom. The van der Waals surface area contributed by atoms with E-state index in [2.05, 4.69) is 34.7 Å². The van der Waals surface area contributed by atoms with Gasteiger partial charge in [0.2, 0.25) is 11.9 Å². The molecule has 1 spiro atoms. The first kappa shape index (κ1) is 16.2. The van der Waals surface area contributed by atoms with Crippen LogP contribution in [0, 0.1) is 0 Å². The second-order valence-electron chi connectivity index (χ2n) is 6.95. The number of fused-ring (bicyclic) bond motifs is 2. The molecule has 130 valence electrons. The lowest BCUT2D eigenvalue weighted by molar-refractivity contribution is -0.120. The number of hydrogen-bond donors (Lipinski definition) is 1. The molecule has 1 N–H and O–H groups in total. The molecule has 1 aromatic rings. The van der Waals surface area contributed by atoms with Crippen molar-refractivity contribution < 1.29 is 9.59 Å². The van der Waals surface area contributed by atoms with Crippen LogP contribution in [0.25, 0.3) is 0 Å². The van der Waals surface area contributed by atoms with Gasteiger partial charge in [-0.2, -0.15) is 0 Å². The van der Waals surface area contributed by atoms with Crippen molar-refractivity contribution in [2.45, 2.75) is 37.0 Å². The third kappa shape index (κ3) is 2.93. The minimum Gasteiger partial charge on any atom is -0.328 e. The summed E-state index contributed by atoms with van der Waals surface area (Å²) in [6, 6.07) is 2.26. The van der Waals surface area contributed by atoms with Crippen LogP contribution in [0.4, 0.5) is 0 Å². The van der Waals surface area contributed by atoms with E-state index in [-0.39, 0.29) is 29.7 Å². The third-order valence-electron chi connectivity index (χ3n) is 5.08. The van der Waals surface area contributed by atoms with E-state index in [0.717, 1.165) is 17.7 Å². The SMILES string of the molecule is C=CN=C(N=C)NC(=O)CN1CC2(CC2)c2cc(C3CC3)sc2C1=O. The Hall–Kier alpha value is -2.28. The first-order valence-corrected chi connectivity index (χ1v) is 9.27. The maximum atomic E-state index is 12.9. The molecule has 0 atom stereocenters. The Kier molecular flexibility index (Phi) is 3.83. The molecule has 2 fully saturated rings. The van der Waals surface area contributed by atoms with Gasteiger partial charge in [0, 0.05) is 23.0 Å². The molecule has 6 nitrogen and oxygen atoms in total. The molecule has 25 heavy (non-hydrogen) atoms. The molecule has 2 heterocycles. The zero-order chi connectivity index (χ0) is 17.6. The van der Waals surface area contributed by atoms with E-state index in [1.807, 2.05) is 0 Å². The lowest BCUT2D eigenvalue weighted by Crippen LogP contribution is -2.48. The maximum absolute atomic E-state index is 12.9. The summed E-state index contributed by atoms with van der Waals surface area (Å²) in [6.45, 7) is 7.44. The van der Waals surface area contributed by atoms with Crippen molar-refractivity contribution >= 4 is 35.8 Å². The van der Waals surface area contributed by atoms with Gasteiger partial charge in [0.1, 0.15) is 6.54 Å². The molecule has 1 aromatic heterocycles. The Labute approximate surface area is 150 Å². The van der Waals surface area contributed by atoms with Crippen molar-refractivity contribution in [1.29, 1.82) is 0 Å². The normalized spacial score (nSPS) is 21.0. The fourth-order valence-corrected chi connectivity index (χ4v) is 4.86. The van der Waals surface area contributed by atoms with Crippen LogP contribution >= 0.6 is 11.3 Å². The number of nitrogens with zero attached hydrogens (tertiary/aromatic N) is 3. The number of hydrogen-bond acceptors (Lipinski definition) is 4. The van der Waals surface area contributed by atoms with Crippen LogP contribution in [-0.2, 0) is 10.2 Å². The Bertz CT molecular complexity index is 802. The molecule has 2 aliphatic carbocycles. The Balaban J connectivity index is 1.52. The Morgan fingerprint density at radius 3 is 2.84 bits per heavy atom. The molecule has 2 amide bonds. The molecular weight excluding hydrogens is 336 g/mol. The molecule has 0 aromatic carbocycles. The lowest BCUT2D eigenvalue weighted by Gasteiger charge is -2.32. The highest BCUT2D eigenvalue weighted by Gasteiger charge is 2.53. The molecule has 3 aliphatic rings. The summed E-state index contributed by atoms with van der Waals surface area (Å²) in [5.74, 6) is 0.388. The molecule has 0 bridgehead atoms. The quantitative estimate of drug-likeness (QED) is 0.665. The van der Waals surface area contributed by atoms with Crippen LogP contribution in [0.1, 0.15) is 51.7 Å². The van der Waals surface area contributed by atoms with Gasteiger partial charge in [-0.15, -0.1) is 11.3 Å². The summed E-state index contributed by atoms with van der Waals surface area (Å²) < 4.78 is 0. The highest BCUT2D eigenvalue weighted by atomic mass is 32.1. The number of guanidine groups is 1. The van der Waals surface area contributed by atoms with Crippen LogP contribution in [0.3, 0.4) is 0 Å². The number of carbonyl (C=O) groups excluding carboxylic acids is 2. The van der Waals surface area contributed by atoms with Crippen LogP contribution < -0.4 is 5.32 Å². The van der Waals surface area contributed by atoms with Crippen molar-refractivity contribution in [3.63, 3.8) is 0 Å². The van der Waals surface area contributed by atoms with E-state index in [9.17, 15) is 9.59 Å². The highest BCUT2D eigenvalue weighted by Crippen LogP contribution is 2.56. The van der Waals surface area contributed by atoms with Crippen LogP contribution in [0.15, 0.2) is 28.8 Å². The largest absolute Gasteiger partial charge is 0.328 e. The fraction of sp³-hybridized carbons (Fsp3) is 0.444. The highest BCUT2D eigenvalue weighted by molar-refractivity contribution is 7.14. The van der Waals surface area contributed by atoms with Crippen molar-refractivity contribution in [2.75, 3.05) is 13.1 Å². The van der Waals surface area contributed by atoms with Gasteiger partial charge in [-0.25, -0.2) is 9.98 Å². The predicted molar refractivity (Wildman–Crippen MR) is 98.4 cm³/mol. The maximum Gasteiger partial charge on any atom is 0.264 e. The van der Waals surface area contributed by atoms with Crippen molar-refractivity contribution in [3.05, 3.63) is 34.2 Å².